The molecule has 0 saturated carbocycles. The van der Waals surface area contributed by atoms with Gasteiger partial charge in [0.15, 0.2) is 0 Å². The van der Waals surface area contributed by atoms with Crippen LogP contribution in [0.15, 0.2) is 46.9 Å². The first-order chi connectivity index (χ1) is 17.5. The number of morpholine rings is 1. The van der Waals surface area contributed by atoms with E-state index in [1.165, 1.54) is 12.0 Å². The highest BCUT2D eigenvalue weighted by atomic mass is 16.5. The summed E-state index contributed by atoms with van der Waals surface area (Å²) in [6.07, 6.45) is 0.0225. The summed E-state index contributed by atoms with van der Waals surface area (Å²) in [6, 6.07) is 12.3. The predicted molar refractivity (Wildman–Crippen MR) is 132 cm³/mol. The molecular weight excluding hydrogens is 466 g/mol. The molecule has 3 amide bonds. The van der Waals surface area contributed by atoms with Gasteiger partial charge in [0.2, 0.25) is 17.6 Å². The Labute approximate surface area is 207 Å². The maximum absolute atomic E-state index is 13.4. The fraction of sp³-hybridized carbons (Fsp3) is 0.346. The van der Waals surface area contributed by atoms with Gasteiger partial charge in [-0.3, -0.25) is 14.4 Å². The molecule has 36 heavy (non-hydrogen) atoms. The number of rotatable bonds is 6. The number of anilines is 2. The quantitative estimate of drug-likeness (QED) is 0.562. The Balaban J connectivity index is 1.40. The first-order valence-corrected chi connectivity index (χ1v) is 11.7. The van der Waals surface area contributed by atoms with E-state index in [0.29, 0.717) is 60.1 Å². The van der Waals surface area contributed by atoms with Gasteiger partial charge in [0, 0.05) is 37.5 Å². The molecule has 10 heteroatoms. The summed E-state index contributed by atoms with van der Waals surface area (Å²) in [4.78, 5) is 42.7. The fourth-order valence-corrected chi connectivity index (χ4v) is 4.58. The minimum atomic E-state index is -0.631. The SMILES string of the molecule is COc1ccc(OC)c(N2CC(C(=O)Nc3c(C(=O)N4CCOCC4)oc4ccccc34)CC2=O)c1. The lowest BCUT2D eigenvalue weighted by atomic mass is 10.1. The lowest BCUT2D eigenvalue weighted by molar-refractivity contribution is -0.122. The van der Waals surface area contributed by atoms with Crippen LogP contribution in [0.3, 0.4) is 0 Å². The predicted octanol–water partition coefficient (Wildman–Crippen LogP) is 2.91. The number of hydrogen-bond acceptors (Lipinski definition) is 7. The number of nitrogens with one attached hydrogen (secondary N) is 1. The van der Waals surface area contributed by atoms with Crippen LogP contribution in [-0.2, 0) is 14.3 Å². The van der Waals surface area contributed by atoms with Crippen LogP contribution in [0.2, 0.25) is 0 Å². The Morgan fingerprint density at radius 2 is 1.83 bits per heavy atom. The van der Waals surface area contributed by atoms with Crippen LogP contribution in [0.4, 0.5) is 11.4 Å². The molecule has 2 aliphatic rings. The molecule has 0 spiro atoms. The molecule has 10 nitrogen and oxygen atoms in total. The Morgan fingerprint density at radius 1 is 1.06 bits per heavy atom. The van der Waals surface area contributed by atoms with Gasteiger partial charge in [-0.25, -0.2) is 0 Å². The van der Waals surface area contributed by atoms with Crippen LogP contribution < -0.4 is 19.7 Å². The zero-order valence-electron chi connectivity index (χ0n) is 20.1. The van der Waals surface area contributed by atoms with E-state index in [-0.39, 0.29) is 36.4 Å². The van der Waals surface area contributed by atoms with Crippen molar-refractivity contribution in [2.75, 3.05) is 57.3 Å². The number of carbonyl (C=O) groups is 3. The van der Waals surface area contributed by atoms with E-state index >= 15 is 0 Å². The molecule has 2 aromatic carbocycles. The summed E-state index contributed by atoms with van der Waals surface area (Å²) >= 11 is 0. The first kappa shape index (κ1) is 23.7. The maximum Gasteiger partial charge on any atom is 0.291 e. The zero-order valence-corrected chi connectivity index (χ0v) is 20.1. The second-order valence-corrected chi connectivity index (χ2v) is 8.64. The van der Waals surface area contributed by atoms with Crippen molar-refractivity contribution in [2.45, 2.75) is 6.42 Å². The highest BCUT2D eigenvalue weighted by molar-refractivity contribution is 6.12. The van der Waals surface area contributed by atoms with E-state index < -0.39 is 5.92 Å². The Morgan fingerprint density at radius 3 is 2.58 bits per heavy atom. The van der Waals surface area contributed by atoms with Gasteiger partial charge < -0.3 is 33.7 Å². The van der Waals surface area contributed by atoms with Crippen LogP contribution in [0.1, 0.15) is 17.0 Å². The van der Waals surface area contributed by atoms with Crippen molar-refractivity contribution in [3.8, 4) is 11.5 Å². The summed E-state index contributed by atoms with van der Waals surface area (Å²) in [5.74, 6) is -0.365. The number of hydrogen-bond donors (Lipinski definition) is 1. The highest BCUT2D eigenvalue weighted by Gasteiger charge is 2.38. The van der Waals surface area contributed by atoms with Gasteiger partial charge in [-0.1, -0.05) is 12.1 Å². The molecule has 0 aliphatic carbocycles. The standard InChI is InChI=1S/C26H27N3O7/c1-33-17-7-8-21(34-2)19(14-17)29-15-16(13-22(29)30)25(31)27-23-18-5-3-4-6-20(18)36-24(23)26(32)28-9-11-35-12-10-28/h3-8,14,16H,9-13,15H2,1-2H3,(H,27,31). The van der Waals surface area contributed by atoms with Crippen molar-refractivity contribution in [1.82, 2.24) is 4.90 Å². The molecule has 3 aromatic rings. The molecule has 2 aliphatic heterocycles. The minimum Gasteiger partial charge on any atom is -0.497 e. The lowest BCUT2D eigenvalue weighted by Gasteiger charge is -2.26. The van der Waals surface area contributed by atoms with Gasteiger partial charge in [-0.2, -0.15) is 0 Å². The van der Waals surface area contributed by atoms with Crippen molar-refractivity contribution in [1.29, 1.82) is 0 Å². The molecule has 3 heterocycles. The average molecular weight is 494 g/mol. The van der Waals surface area contributed by atoms with E-state index in [1.54, 1.807) is 48.4 Å². The summed E-state index contributed by atoms with van der Waals surface area (Å²) in [5.41, 5.74) is 1.35. The van der Waals surface area contributed by atoms with E-state index in [9.17, 15) is 14.4 Å². The van der Waals surface area contributed by atoms with Crippen molar-refractivity contribution >= 4 is 40.1 Å². The zero-order chi connectivity index (χ0) is 25.2. The number of fused-ring (bicyclic) bond motifs is 1. The van der Waals surface area contributed by atoms with Gasteiger partial charge >= 0.3 is 0 Å². The van der Waals surface area contributed by atoms with Gasteiger partial charge in [0.05, 0.1) is 39.0 Å². The van der Waals surface area contributed by atoms with Crippen molar-refractivity contribution in [3.05, 3.63) is 48.2 Å². The Bertz CT molecular complexity index is 1310. The Kier molecular flexibility index (Phi) is 6.51. The lowest BCUT2D eigenvalue weighted by Crippen LogP contribution is -2.40. The molecule has 1 aromatic heterocycles. The molecule has 1 N–H and O–H groups in total. The minimum absolute atomic E-state index is 0.0225. The molecule has 5 rings (SSSR count). The van der Waals surface area contributed by atoms with Gasteiger partial charge in [-0.05, 0) is 24.3 Å². The van der Waals surface area contributed by atoms with Gasteiger partial charge in [-0.15, -0.1) is 0 Å². The molecule has 188 valence electrons. The first-order valence-electron chi connectivity index (χ1n) is 11.7. The molecule has 2 fully saturated rings. The number of carbonyl (C=O) groups excluding carboxylic acids is 3. The molecule has 0 radical (unpaired) electrons. The van der Waals surface area contributed by atoms with E-state index in [0.717, 1.165) is 0 Å². The largest absolute Gasteiger partial charge is 0.497 e. The summed E-state index contributed by atoms with van der Waals surface area (Å²) in [5, 5.41) is 3.52. The van der Waals surface area contributed by atoms with Crippen LogP contribution in [-0.4, -0.2) is 69.7 Å². The number of ether oxygens (including phenoxy) is 3. The third-order valence-electron chi connectivity index (χ3n) is 6.51. The molecule has 1 atom stereocenters. The number of nitrogens with zero attached hydrogens (tertiary/aromatic N) is 2. The maximum atomic E-state index is 13.4. The second kappa shape index (κ2) is 9.90. The van der Waals surface area contributed by atoms with Gasteiger partial charge in [0.25, 0.3) is 5.91 Å². The topological polar surface area (TPSA) is 111 Å². The number of benzene rings is 2. The fourth-order valence-electron chi connectivity index (χ4n) is 4.58. The van der Waals surface area contributed by atoms with Crippen molar-refractivity contribution in [3.63, 3.8) is 0 Å². The summed E-state index contributed by atoms with van der Waals surface area (Å²) < 4.78 is 22.0. The molecule has 2 saturated heterocycles. The van der Waals surface area contributed by atoms with Crippen LogP contribution in [0.25, 0.3) is 11.0 Å². The van der Waals surface area contributed by atoms with Gasteiger partial charge in [0.1, 0.15) is 22.8 Å². The molecular formula is C26H27N3O7. The number of amides is 3. The second-order valence-electron chi connectivity index (χ2n) is 8.64. The van der Waals surface area contributed by atoms with E-state index in [4.69, 9.17) is 18.6 Å². The normalized spacial score (nSPS) is 17.9. The molecule has 0 bridgehead atoms. The number of furan rings is 1. The number of para-hydroxylation sites is 1. The van der Waals surface area contributed by atoms with Crippen LogP contribution in [0, 0.1) is 5.92 Å². The van der Waals surface area contributed by atoms with E-state index in [1.807, 2.05) is 6.07 Å². The van der Waals surface area contributed by atoms with Crippen LogP contribution in [0.5, 0.6) is 11.5 Å². The summed E-state index contributed by atoms with van der Waals surface area (Å²) in [6.45, 7) is 1.94. The third-order valence-corrected chi connectivity index (χ3v) is 6.51. The van der Waals surface area contributed by atoms with Crippen LogP contribution >= 0.6 is 0 Å². The summed E-state index contributed by atoms with van der Waals surface area (Å²) in [7, 11) is 3.06. The smallest absolute Gasteiger partial charge is 0.291 e. The molecule has 1 unspecified atom stereocenters. The van der Waals surface area contributed by atoms with Crippen molar-refractivity contribution in [2.24, 2.45) is 5.92 Å². The van der Waals surface area contributed by atoms with Crippen molar-refractivity contribution < 1.29 is 33.0 Å². The monoisotopic (exact) mass is 493 g/mol. The number of methoxy groups -OCH3 is 2. The average Bonchev–Trinajstić information content (AvgIpc) is 3.49. The third kappa shape index (κ3) is 4.35. The highest BCUT2D eigenvalue weighted by Crippen LogP contribution is 2.37. The van der Waals surface area contributed by atoms with E-state index in [2.05, 4.69) is 5.32 Å². The Hall–Kier alpha value is -4.05.